The molecule has 21 heavy (non-hydrogen) atoms. The zero-order valence-electron chi connectivity index (χ0n) is 13.4. The number of nitrogens with one attached hydrogen (secondary N) is 1. The van der Waals surface area contributed by atoms with Crippen molar-refractivity contribution in [1.29, 1.82) is 0 Å². The molecule has 1 aromatic carbocycles. The Morgan fingerprint density at radius 2 is 1.95 bits per heavy atom. The maximum Gasteiger partial charge on any atom is 0.241 e. The molecule has 0 saturated carbocycles. The SMILES string of the molecule is CCOCC(C)N1C(=O)C(CC)NC1c1ccc(C)cc1. The maximum absolute atomic E-state index is 12.6. The second-order valence-corrected chi connectivity index (χ2v) is 5.69. The second kappa shape index (κ2) is 7.05. The van der Waals surface area contributed by atoms with Gasteiger partial charge >= 0.3 is 0 Å². The first-order chi connectivity index (χ1) is 10.1. The average molecular weight is 290 g/mol. The van der Waals surface area contributed by atoms with E-state index < -0.39 is 0 Å². The minimum atomic E-state index is -0.0969. The minimum absolute atomic E-state index is 0.0569. The Bertz CT molecular complexity index is 472. The molecule has 0 spiro atoms. The van der Waals surface area contributed by atoms with Crippen molar-refractivity contribution in [3.05, 3.63) is 35.4 Å². The van der Waals surface area contributed by atoms with Gasteiger partial charge in [-0.2, -0.15) is 0 Å². The molecule has 3 unspecified atom stereocenters. The molecule has 1 N–H and O–H groups in total. The highest BCUT2D eigenvalue weighted by Gasteiger charge is 2.40. The van der Waals surface area contributed by atoms with Crippen molar-refractivity contribution >= 4 is 5.91 Å². The van der Waals surface area contributed by atoms with Crippen LogP contribution in [0.2, 0.25) is 0 Å². The highest BCUT2D eigenvalue weighted by molar-refractivity contribution is 5.84. The molecule has 1 heterocycles. The number of aryl methyl sites for hydroxylation is 1. The summed E-state index contributed by atoms with van der Waals surface area (Å²) in [7, 11) is 0. The molecule has 0 aliphatic carbocycles. The molecule has 116 valence electrons. The summed E-state index contributed by atoms with van der Waals surface area (Å²) in [6, 6.07) is 8.34. The van der Waals surface area contributed by atoms with Crippen LogP contribution in [0.3, 0.4) is 0 Å². The van der Waals surface area contributed by atoms with Gasteiger partial charge in [0.05, 0.1) is 18.7 Å². The van der Waals surface area contributed by atoms with Gasteiger partial charge in [0.25, 0.3) is 0 Å². The van der Waals surface area contributed by atoms with Gasteiger partial charge in [0.1, 0.15) is 6.17 Å². The monoisotopic (exact) mass is 290 g/mol. The third-order valence-electron chi connectivity index (χ3n) is 4.03. The Balaban J connectivity index is 2.23. The van der Waals surface area contributed by atoms with Crippen LogP contribution in [0.15, 0.2) is 24.3 Å². The molecule has 1 fully saturated rings. The first-order valence-corrected chi connectivity index (χ1v) is 7.81. The van der Waals surface area contributed by atoms with Gasteiger partial charge in [-0.25, -0.2) is 0 Å². The predicted molar refractivity (Wildman–Crippen MR) is 83.9 cm³/mol. The van der Waals surface area contributed by atoms with E-state index in [-0.39, 0.29) is 24.2 Å². The molecule has 0 radical (unpaired) electrons. The molecule has 1 saturated heterocycles. The van der Waals surface area contributed by atoms with Gasteiger partial charge < -0.3 is 9.64 Å². The molecule has 4 heteroatoms. The fraction of sp³-hybridized carbons (Fsp3) is 0.588. The normalized spacial score (nSPS) is 23.6. The van der Waals surface area contributed by atoms with Crippen LogP contribution in [0.5, 0.6) is 0 Å². The van der Waals surface area contributed by atoms with Crippen LogP contribution >= 0.6 is 0 Å². The molecule has 3 atom stereocenters. The third-order valence-corrected chi connectivity index (χ3v) is 4.03. The summed E-state index contributed by atoms with van der Waals surface area (Å²) in [6.07, 6.45) is 0.748. The first-order valence-electron chi connectivity index (χ1n) is 7.81. The van der Waals surface area contributed by atoms with Crippen LogP contribution in [0, 0.1) is 6.92 Å². The molecule has 1 amide bonds. The first kappa shape index (κ1) is 16.0. The summed E-state index contributed by atoms with van der Waals surface area (Å²) in [5.74, 6) is 0.176. The zero-order valence-corrected chi connectivity index (χ0v) is 13.4. The van der Waals surface area contributed by atoms with Gasteiger partial charge in [0, 0.05) is 6.61 Å². The fourth-order valence-electron chi connectivity index (χ4n) is 2.79. The Kier molecular flexibility index (Phi) is 5.37. The van der Waals surface area contributed by atoms with Crippen LogP contribution in [-0.4, -0.2) is 36.1 Å². The van der Waals surface area contributed by atoms with Crippen molar-refractivity contribution in [3.63, 3.8) is 0 Å². The lowest BCUT2D eigenvalue weighted by atomic mass is 10.1. The number of amides is 1. The lowest BCUT2D eigenvalue weighted by Gasteiger charge is -2.30. The van der Waals surface area contributed by atoms with E-state index in [9.17, 15) is 4.79 Å². The largest absolute Gasteiger partial charge is 0.380 e. The molecule has 1 aromatic rings. The van der Waals surface area contributed by atoms with E-state index in [1.807, 2.05) is 18.7 Å². The van der Waals surface area contributed by atoms with Gasteiger partial charge in [-0.1, -0.05) is 36.8 Å². The van der Waals surface area contributed by atoms with Crippen molar-refractivity contribution in [2.45, 2.75) is 52.4 Å². The smallest absolute Gasteiger partial charge is 0.241 e. The summed E-state index contributed by atoms with van der Waals surface area (Å²) < 4.78 is 5.51. The molecule has 1 aliphatic rings. The molecular weight excluding hydrogens is 264 g/mol. The number of hydrogen-bond donors (Lipinski definition) is 1. The maximum atomic E-state index is 12.6. The quantitative estimate of drug-likeness (QED) is 0.875. The standard InChI is InChI=1S/C17H26N2O2/c1-5-15-17(20)19(13(4)11-21-6-2)16(18-15)14-9-7-12(3)8-10-14/h7-10,13,15-16,18H,5-6,11H2,1-4H3. The molecule has 1 aliphatic heterocycles. The van der Waals surface area contributed by atoms with E-state index in [2.05, 4.69) is 43.4 Å². The van der Waals surface area contributed by atoms with Crippen molar-refractivity contribution in [1.82, 2.24) is 10.2 Å². The van der Waals surface area contributed by atoms with Gasteiger partial charge in [-0.15, -0.1) is 0 Å². The third kappa shape index (κ3) is 3.44. The Hall–Kier alpha value is -1.39. The lowest BCUT2D eigenvalue weighted by Crippen LogP contribution is -2.41. The molecule has 4 nitrogen and oxygen atoms in total. The van der Waals surface area contributed by atoms with E-state index in [0.717, 1.165) is 12.0 Å². The molecule has 2 rings (SSSR count). The topological polar surface area (TPSA) is 41.6 Å². The van der Waals surface area contributed by atoms with E-state index >= 15 is 0 Å². The van der Waals surface area contributed by atoms with E-state index in [1.165, 1.54) is 5.56 Å². The van der Waals surface area contributed by atoms with E-state index in [1.54, 1.807) is 0 Å². The van der Waals surface area contributed by atoms with Crippen LogP contribution < -0.4 is 5.32 Å². The number of carbonyl (C=O) groups is 1. The number of nitrogens with zero attached hydrogens (tertiary/aromatic N) is 1. The summed E-state index contributed by atoms with van der Waals surface area (Å²) in [6.45, 7) is 9.38. The summed E-state index contributed by atoms with van der Waals surface area (Å²) in [5.41, 5.74) is 2.36. The molecule has 0 aromatic heterocycles. The highest BCUT2D eigenvalue weighted by atomic mass is 16.5. The Labute approximate surface area is 127 Å². The van der Waals surface area contributed by atoms with Crippen LogP contribution in [0.25, 0.3) is 0 Å². The average Bonchev–Trinajstić information content (AvgIpc) is 2.82. The Morgan fingerprint density at radius 1 is 1.29 bits per heavy atom. The second-order valence-electron chi connectivity index (χ2n) is 5.69. The fourth-order valence-corrected chi connectivity index (χ4v) is 2.79. The summed E-state index contributed by atoms with van der Waals surface area (Å²) >= 11 is 0. The van der Waals surface area contributed by atoms with Crippen molar-refractivity contribution < 1.29 is 9.53 Å². The van der Waals surface area contributed by atoms with Crippen LogP contribution in [-0.2, 0) is 9.53 Å². The number of rotatable bonds is 6. The number of benzene rings is 1. The van der Waals surface area contributed by atoms with Gasteiger partial charge in [0.2, 0.25) is 5.91 Å². The molecule has 0 bridgehead atoms. The van der Waals surface area contributed by atoms with Crippen LogP contribution in [0.1, 0.15) is 44.5 Å². The van der Waals surface area contributed by atoms with Gasteiger partial charge in [-0.05, 0) is 32.8 Å². The minimum Gasteiger partial charge on any atom is -0.380 e. The van der Waals surface area contributed by atoms with Crippen molar-refractivity contribution in [3.8, 4) is 0 Å². The van der Waals surface area contributed by atoms with Crippen LogP contribution in [0.4, 0.5) is 0 Å². The van der Waals surface area contributed by atoms with E-state index in [0.29, 0.717) is 13.2 Å². The van der Waals surface area contributed by atoms with E-state index in [4.69, 9.17) is 4.74 Å². The molecular formula is C17H26N2O2. The lowest BCUT2D eigenvalue weighted by molar-refractivity contribution is -0.133. The zero-order chi connectivity index (χ0) is 15.4. The Morgan fingerprint density at radius 3 is 2.52 bits per heavy atom. The van der Waals surface area contributed by atoms with Crippen molar-refractivity contribution in [2.24, 2.45) is 0 Å². The predicted octanol–water partition coefficient (Wildman–Crippen LogP) is 2.63. The highest BCUT2D eigenvalue weighted by Crippen LogP contribution is 2.28. The van der Waals surface area contributed by atoms with Crippen molar-refractivity contribution in [2.75, 3.05) is 13.2 Å². The number of hydrogen-bond acceptors (Lipinski definition) is 3. The number of ether oxygens (including phenoxy) is 1. The van der Waals surface area contributed by atoms with Gasteiger partial charge in [-0.3, -0.25) is 10.1 Å². The summed E-state index contributed by atoms with van der Waals surface area (Å²) in [5, 5.41) is 3.45. The number of carbonyl (C=O) groups excluding carboxylic acids is 1. The van der Waals surface area contributed by atoms with Gasteiger partial charge in [0.15, 0.2) is 0 Å². The summed E-state index contributed by atoms with van der Waals surface area (Å²) in [4.78, 5) is 14.5.